The molecule has 38 heavy (non-hydrogen) atoms. The molecule has 1 heterocycles. The number of carbonyl (C=O) groups excluding carboxylic acids is 1. The van der Waals surface area contributed by atoms with Crippen LogP contribution in [-0.4, -0.2) is 39.8 Å². The van der Waals surface area contributed by atoms with Gasteiger partial charge in [-0.3, -0.25) is 19.5 Å². The second-order valence-electron chi connectivity index (χ2n) is 8.43. The maximum Gasteiger partial charge on any atom is 0.291 e. The van der Waals surface area contributed by atoms with Crippen molar-refractivity contribution in [2.24, 2.45) is 0 Å². The van der Waals surface area contributed by atoms with Crippen molar-refractivity contribution in [1.82, 2.24) is 14.7 Å². The number of amides is 1. The standard InChI is InChI=1S/C27H27N5O4.C2H6/c1-31(2)26(35)20-14-9-15-21(24(20)33)29-23-22(28-16-18-10-5-3-6-11-18)25(34)30-32(27(23)36)17-19-12-7-4-8-13-19;1-2/h3-15,28-29,33H,16-17H2,1-2H3,(H,30,34);1-2H3. The second-order valence-corrected chi connectivity index (χ2v) is 8.43. The SMILES string of the molecule is CC.CN(C)C(=O)c1cccc(Nc2c(NCc3ccccc3)c(=O)[nH]n(Cc3ccccc3)c2=O)c1O. The summed E-state index contributed by atoms with van der Waals surface area (Å²) in [5, 5.41) is 19.4. The van der Waals surface area contributed by atoms with Crippen LogP contribution in [0.15, 0.2) is 88.5 Å². The fraction of sp³-hybridized carbons (Fsp3) is 0.207. The van der Waals surface area contributed by atoms with Gasteiger partial charge in [-0.25, -0.2) is 4.68 Å². The molecule has 0 bridgehead atoms. The third-order valence-electron chi connectivity index (χ3n) is 5.60. The first-order valence-electron chi connectivity index (χ1n) is 12.3. The van der Waals surface area contributed by atoms with Gasteiger partial charge in [-0.15, -0.1) is 0 Å². The molecule has 0 atom stereocenters. The van der Waals surface area contributed by atoms with E-state index in [4.69, 9.17) is 0 Å². The van der Waals surface area contributed by atoms with Crippen LogP contribution in [0.1, 0.15) is 35.3 Å². The molecule has 4 rings (SSSR count). The van der Waals surface area contributed by atoms with Crippen LogP contribution < -0.4 is 21.8 Å². The molecule has 0 aliphatic rings. The Hall–Kier alpha value is -4.79. The number of phenols is 1. The van der Waals surface area contributed by atoms with Gasteiger partial charge in [-0.05, 0) is 23.3 Å². The number of nitrogens with zero attached hydrogens (tertiary/aromatic N) is 2. The summed E-state index contributed by atoms with van der Waals surface area (Å²) in [6, 6.07) is 23.3. The molecular formula is C29H33N5O4. The van der Waals surface area contributed by atoms with E-state index in [0.717, 1.165) is 11.1 Å². The minimum absolute atomic E-state index is 0.0249. The van der Waals surface area contributed by atoms with Crippen LogP contribution in [0.3, 0.4) is 0 Å². The van der Waals surface area contributed by atoms with Crippen LogP contribution in [0.2, 0.25) is 0 Å². The van der Waals surface area contributed by atoms with Crippen molar-refractivity contribution >= 4 is 23.0 Å². The zero-order chi connectivity index (χ0) is 27.7. The van der Waals surface area contributed by atoms with Gasteiger partial charge >= 0.3 is 0 Å². The summed E-state index contributed by atoms with van der Waals surface area (Å²) >= 11 is 0. The lowest BCUT2D eigenvalue weighted by Gasteiger charge is -2.18. The lowest BCUT2D eigenvalue weighted by atomic mass is 10.1. The number of benzene rings is 3. The Morgan fingerprint density at radius 1 is 0.868 bits per heavy atom. The van der Waals surface area contributed by atoms with Gasteiger partial charge in [0.15, 0.2) is 5.75 Å². The minimum Gasteiger partial charge on any atom is -0.505 e. The van der Waals surface area contributed by atoms with Crippen LogP contribution >= 0.6 is 0 Å². The number of anilines is 3. The van der Waals surface area contributed by atoms with Gasteiger partial charge < -0.3 is 20.6 Å². The second kappa shape index (κ2) is 13.0. The Bertz CT molecular complexity index is 1480. The predicted octanol–water partition coefficient (Wildman–Crippen LogP) is 4.37. The summed E-state index contributed by atoms with van der Waals surface area (Å²) in [6.07, 6.45) is 0. The van der Waals surface area contributed by atoms with E-state index in [0.29, 0.717) is 6.54 Å². The third kappa shape index (κ3) is 6.50. The summed E-state index contributed by atoms with van der Waals surface area (Å²) in [5.41, 5.74) is 0.900. The molecule has 4 aromatic rings. The first-order chi connectivity index (χ1) is 18.3. The molecule has 0 fully saturated rings. The van der Waals surface area contributed by atoms with E-state index < -0.39 is 17.0 Å². The van der Waals surface area contributed by atoms with E-state index in [-0.39, 0.29) is 34.9 Å². The summed E-state index contributed by atoms with van der Waals surface area (Å²) in [5.74, 6) is -0.717. The van der Waals surface area contributed by atoms with E-state index in [9.17, 15) is 19.5 Å². The monoisotopic (exact) mass is 515 g/mol. The molecule has 0 unspecified atom stereocenters. The molecule has 198 valence electrons. The molecule has 0 saturated heterocycles. The molecule has 1 aromatic heterocycles. The molecule has 9 heteroatoms. The van der Waals surface area contributed by atoms with Crippen molar-refractivity contribution in [3.05, 3.63) is 116 Å². The normalized spacial score (nSPS) is 10.2. The lowest BCUT2D eigenvalue weighted by Crippen LogP contribution is -2.34. The number of nitrogens with one attached hydrogen (secondary N) is 3. The van der Waals surface area contributed by atoms with Gasteiger partial charge in [0.1, 0.15) is 11.4 Å². The average molecular weight is 516 g/mol. The van der Waals surface area contributed by atoms with E-state index in [1.165, 1.54) is 21.7 Å². The summed E-state index contributed by atoms with van der Waals surface area (Å²) < 4.78 is 1.21. The number of carbonyl (C=O) groups is 1. The van der Waals surface area contributed by atoms with Gasteiger partial charge in [-0.1, -0.05) is 80.6 Å². The van der Waals surface area contributed by atoms with Crippen LogP contribution in [0.5, 0.6) is 5.75 Å². The molecular weight excluding hydrogens is 482 g/mol. The summed E-state index contributed by atoms with van der Waals surface area (Å²) in [4.78, 5) is 40.5. The Morgan fingerprint density at radius 3 is 2.08 bits per heavy atom. The molecule has 1 amide bonds. The summed E-state index contributed by atoms with van der Waals surface area (Å²) in [6.45, 7) is 4.44. The van der Waals surface area contributed by atoms with E-state index in [1.807, 2.05) is 74.5 Å². The Balaban J connectivity index is 0.00000195. The van der Waals surface area contributed by atoms with Gasteiger partial charge in [0.25, 0.3) is 17.0 Å². The number of aromatic hydroxyl groups is 1. The number of H-pyrrole nitrogens is 1. The highest BCUT2D eigenvalue weighted by atomic mass is 16.3. The van der Waals surface area contributed by atoms with Gasteiger partial charge in [0.2, 0.25) is 0 Å². The Labute approximate surface area is 221 Å². The van der Waals surface area contributed by atoms with Crippen molar-refractivity contribution in [3.8, 4) is 5.75 Å². The first-order valence-corrected chi connectivity index (χ1v) is 12.3. The first kappa shape index (κ1) is 27.8. The van der Waals surface area contributed by atoms with Crippen LogP contribution in [0, 0.1) is 0 Å². The predicted molar refractivity (Wildman–Crippen MR) is 151 cm³/mol. The van der Waals surface area contributed by atoms with Crippen LogP contribution in [0.25, 0.3) is 0 Å². The van der Waals surface area contributed by atoms with Gasteiger partial charge in [0, 0.05) is 20.6 Å². The molecule has 0 saturated carbocycles. The quantitative estimate of drug-likeness (QED) is 0.259. The van der Waals surface area contributed by atoms with Crippen molar-refractivity contribution in [3.63, 3.8) is 0 Å². The molecule has 9 nitrogen and oxygen atoms in total. The zero-order valence-electron chi connectivity index (χ0n) is 22.0. The number of rotatable bonds is 8. The molecule has 0 aliphatic carbocycles. The number of phenolic OH excluding ortho intramolecular Hbond substituents is 1. The van der Waals surface area contributed by atoms with Crippen molar-refractivity contribution < 1.29 is 9.90 Å². The number of aromatic amines is 1. The van der Waals surface area contributed by atoms with Gasteiger partial charge in [0.05, 0.1) is 17.8 Å². The largest absolute Gasteiger partial charge is 0.505 e. The maximum atomic E-state index is 13.5. The van der Waals surface area contributed by atoms with Crippen LogP contribution in [-0.2, 0) is 13.1 Å². The smallest absolute Gasteiger partial charge is 0.291 e. The number of hydrogen-bond acceptors (Lipinski definition) is 6. The Morgan fingerprint density at radius 2 is 1.47 bits per heavy atom. The van der Waals surface area contributed by atoms with Crippen LogP contribution in [0.4, 0.5) is 17.1 Å². The molecule has 0 aliphatic heterocycles. The zero-order valence-corrected chi connectivity index (χ0v) is 22.0. The van der Waals surface area contributed by atoms with Crippen molar-refractivity contribution in [2.45, 2.75) is 26.9 Å². The van der Waals surface area contributed by atoms with E-state index >= 15 is 0 Å². The lowest BCUT2D eigenvalue weighted by molar-refractivity contribution is 0.0824. The maximum absolute atomic E-state index is 13.5. The number of aromatic nitrogens is 2. The van der Waals surface area contributed by atoms with E-state index in [2.05, 4.69) is 15.7 Å². The highest BCUT2D eigenvalue weighted by molar-refractivity contribution is 5.98. The fourth-order valence-electron chi connectivity index (χ4n) is 3.73. The number of para-hydroxylation sites is 1. The number of hydrogen-bond donors (Lipinski definition) is 4. The molecule has 0 spiro atoms. The molecule has 4 N–H and O–H groups in total. The highest BCUT2D eigenvalue weighted by Gasteiger charge is 2.20. The highest BCUT2D eigenvalue weighted by Crippen LogP contribution is 2.31. The fourth-order valence-corrected chi connectivity index (χ4v) is 3.73. The third-order valence-corrected chi connectivity index (χ3v) is 5.60. The van der Waals surface area contributed by atoms with Crippen molar-refractivity contribution in [1.29, 1.82) is 0 Å². The van der Waals surface area contributed by atoms with E-state index in [1.54, 1.807) is 20.2 Å². The van der Waals surface area contributed by atoms with Crippen molar-refractivity contribution in [2.75, 3.05) is 24.7 Å². The Kier molecular flexibility index (Phi) is 9.48. The van der Waals surface area contributed by atoms with Gasteiger partial charge in [-0.2, -0.15) is 0 Å². The summed E-state index contributed by atoms with van der Waals surface area (Å²) in [7, 11) is 3.15. The minimum atomic E-state index is -0.510. The molecule has 0 radical (unpaired) electrons. The topological polar surface area (TPSA) is 119 Å². The average Bonchev–Trinajstić information content (AvgIpc) is 2.94. The molecule has 3 aromatic carbocycles.